The highest BCUT2D eigenvalue weighted by Crippen LogP contribution is 2.14. The summed E-state index contributed by atoms with van der Waals surface area (Å²) in [6.07, 6.45) is -0.488. The molecular formula is C19H24BrNO3. The fourth-order valence-electron chi connectivity index (χ4n) is 2.31. The molecule has 0 saturated carbocycles. The van der Waals surface area contributed by atoms with Crippen LogP contribution < -0.4 is 17.0 Å². The van der Waals surface area contributed by atoms with Crippen LogP contribution in [0.4, 0.5) is 0 Å². The van der Waals surface area contributed by atoms with Crippen LogP contribution >= 0.6 is 0 Å². The topological polar surface area (TPSA) is 46.5 Å². The Hall–Kier alpha value is -1.53. The van der Waals surface area contributed by atoms with Gasteiger partial charge in [0.1, 0.15) is 13.2 Å². The van der Waals surface area contributed by atoms with Crippen LogP contribution in [0.2, 0.25) is 0 Å². The molecule has 1 N–H and O–H groups in total. The Morgan fingerprint density at radius 2 is 1.58 bits per heavy atom. The maximum absolute atomic E-state index is 12.4. The van der Waals surface area contributed by atoms with Crippen LogP contribution in [0.5, 0.6) is 0 Å². The maximum atomic E-state index is 12.4. The molecule has 0 bridgehead atoms. The van der Waals surface area contributed by atoms with Crippen molar-refractivity contribution in [3.05, 3.63) is 71.3 Å². The van der Waals surface area contributed by atoms with E-state index in [0.717, 1.165) is 5.56 Å². The van der Waals surface area contributed by atoms with Crippen LogP contribution in [0.3, 0.4) is 0 Å². The van der Waals surface area contributed by atoms with Gasteiger partial charge in [-0.15, -0.1) is 0 Å². The lowest BCUT2D eigenvalue weighted by Gasteiger charge is -2.27. The molecule has 0 aromatic heterocycles. The Labute approximate surface area is 154 Å². The Kier molecular flexibility index (Phi) is 7.76. The van der Waals surface area contributed by atoms with Crippen LogP contribution in [0.1, 0.15) is 28.4 Å². The van der Waals surface area contributed by atoms with E-state index in [4.69, 9.17) is 4.84 Å². The van der Waals surface area contributed by atoms with Crippen LogP contribution in [0.15, 0.2) is 54.6 Å². The molecule has 0 aliphatic heterocycles. The van der Waals surface area contributed by atoms with E-state index in [9.17, 15) is 9.90 Å². The molecule has 2 aromatic rings. The third-order valence-electron chi connectivity index (χ3n) is 3.48. The lowest BCUT2D eigenvalue weighted by molar-refractivity contribution is -1.09. The minimum Gasteiger partial charge on any atom is -1.00 e. The van der Waals surface area contributed by atoms with Crippen LogP contribution in [-0.4, -0.2) is 42.3 Å². The SMILES string of the molecule is CC(O)CO[N+](C)(C)Cc1ccc(C(=O)c2ccccc2)cc1.[Br-]. The summed E-state index contributed by atoms with van der Waals surface area (Å²) in [6.45, 7) is 2.65. The minimum absolute atomic E-state index is 0. The second-order valence-electron chi connectivity index (χ2n) is 6.27. The summed E-state index contributed by atoms with van der Waals surface area (Å²) in [5.41, 5.74) is 2.44. The summed E-state index contributed by atoms with van der Waals surface area (Å²) >= 11 is 0. The number of hydroxylamine groups is 3. The molecule has 5 heteroatoms. The highest BCUT2D eigenvalue weighted by molar-refractivity contribution is 6.08. The number of quaternary nitrogens is 1. The van der Waals surface area contributed by atoms with Crippen molar-refractivity contribution in [3.8, 4) is 0 Å². The van der Waals surface area contributed by atoms with Crippen molar-refractivity contribution in [2.24, 2.45) is 0 Å². The molecule has 0 amide bonds. The Balaban J connectivity index is 0.00000288. The number of carbonyl (C=O) groups excluding carboxylic acids is 1. The average molecular weight is 394 g/mol. The fraction of sp³-hybridized carbons (Fsp3) is 0.316. The highest BCUT2D eigenvalue weighted by atomic mass is 79.9. The predicted molar refractivity (Wildman–Crippen MR) is 89.8 cm³/mol. The number of benzene rings is 2. The number of aliphatic hydroxyl groups is 1. The first kappa shape index (κ1) is 20.5. The molecule has 1 atom stereocenters. The fourth-order valence-corrected chi connectivity index (χ4v) is 2.31. The van der Waals surface area contributed by atoms with E-state index in [-0.39, 0.29) is 29.4 Å². The van der Waals surface area contributed by atoms with Crippen LogP contribution in [0.25, 0.3) is 0 Å². The summed E-state index contributed by atoms with van der Waals surface area (Å²) in [4.78, 5) is 18.0. The molecule has 0 saturated heterocycles. The molecule has 0 aliphatic rings. The molecule has 0 radical (unpaired) electrons. The molecule has 0 heterocycles. The molecule has 130 valence electrons. The van der Waals surface area contributed by atoms with E-state index in [1.54, 1.807) is 6.92 Å². The van der Waals surface area contributed by atoms with Gasteiger partial charge in [-0.2, -0.15) is 4.65 Å². The van der Waals surface area contributed by atoms with Crippen molar-refractivity contribution in [2.45, 2.75) is 19.6 Å². The first-order valence-corrected chi connectivity index (χ1v) is 7.72. The average Bonchev–Trinajstić information content (AvgIpc) is 2.54. The molecule has 4 nitrogen and oxygen atoms in total. The van der Waals surface area contributed by atoms with Crippen molar-refractivity contribution in [1.29, 1.82) is 0 Å². The van der Waals surface area contributed by atoms with Gasteiger partial charge in [-0.25, -0.2) is 4.84 Å². The van der Waals surface area contributed by atoms with Gasteiger partial charge < -0.3 is 22.1 Å². The number of aliphatic hydroxyl groups excluding tert-OH is 1. The molecule has 0 spiro atoms. The van der Waals surface area contributed by atoms with Gasteiger partial charge in [0.2, 0.25) is 0 Å². The summed E-state index contributed by atoms with van der Waals surface area (Å²) < 4.78 is 0.316. The number of hydrogen-bond donors (Lipinski definition) is 1. The summed E-state index contributed by atoms with van der Waals surface area (Å²) in [5.74, 6) is 0.0243. The standard InChI is InChI=1S/C19H24NO3.BrH/c1-15(21)14-23-20(2,3)13-16-9-11-18(12-10-16)19(22)17-7-5-4-6-8-17;/h4-12,15,21H,13-14H2,1-3H3;1H/q+1;/p-1. The molecular weight excluding hydrogens is 370 g/mol. The van der Waals surface area contributed by atoms with Gasteiger partial charge in [-0.05, 0) is 6.92 Å². The van der Waals surface area contributed by atoms with Gasteiger partial charge in [0.05, 0.1) is 20.2 Å². The Bertz CT molecular complexity index is 639. The first-order valence-electron chi connectivity index (χ1n) is 7.72. The molecule has 2 rings (SSSR count). The zero-order valence-electron chi connectivity index (χ0n) is 14.3. The maximum Gasteiger partial charge on any atom is 0.193 e. The quantitative estimate of drug-likeness (QED) is 0.403. The van der Waals surface area contributed by atoms with Gasteiger partial charge in [-0.1, -0.05) is 54.6 Å². The highest BCUT2D eigenvalue weighted by Gasteiger charge is 2.19. The molecule has 1 unspecified atom stereocenters. The Morgan fingerprint density at radius 3 is 2.12 bits per heavy atom. The molecule has 0 fully saturated rings. The number of nitrogens with zero attached hydrogens (tertiary/aromatic N) is 1. The normalized spacial score (nSPS) is 12.3. The lowest BCUT2D eigenvalue weighted by Crippen LogP contribution is -3.00. The number of rotatable bonds is 7. The van der Waals surface area contributed by atoms with Crippen molar-refractivity contribution < 1.29 is 36.4 Å². The van der Waals surface area contributed by atoms with E-state index in [2.05, 4.69) is 0 Å². The number of hydrogen-bond acceptors (Lipinski definition) is 3. The van der Waals surface area contributed by atoms with E-state index in [1.165, 1.54) is 0 Å². The number of ketones is 1. The Morgan fingerprint density at radius 1 is 1.04 bits per heavy atom. The van der Waals surface area contributed by atoms with Gasteiger partial charge in [0.25, 0.3) is 0 Å². The van der Waals surface area contributed by atoms with E-state index in [0.29, 0.717) is 22.3 Å². The number of halogens is 1. The third kappa shape index (κ3) is 6.17. The van der Waals surface area contributed by atoms with Crippen molar-refractivity contribution in [3.63, 3.8) is 0 Å². The van der Waals surface area contributed by atoms with Gasteiger partial charge in [-0.3, -0.25) is 4.79 Å². The van der Waals surface area contributed by atoms with E-state index in [1.807, 2.05) is 68.7 Å². The number of carbonyl (C=O) groups is 1. The minimum atomic E-state index is -0.488. The lowest BCUT2D eigenvalue weighted by atomic mass is 10.0. The predicted octanol–water partition coefficient (Wildman–Crippen LogP) is -0.190. The smallest absolute Gasteiger partial charge is 0.193 e. The van der Waals surface area contributed by atoms with Gasteiger partial charge in [0, 0.05) is 16.7 Å². The third-order valence-corrected chi connectivity index (χ3v) is 3.48. The molecule has 0 aliphatic carbocycles. The summed E-state index contributed by atoms with van der Waals surface area (Å²) in [7, 11) is 3.87. The summed E-state index contributed by atoms with van der Waals surface area (Å²) in [6, 6.07) is 16.8. The van der Waals surface area contributed by atoms with E-state index < -0.39 is 6.10 Å². The summed E-state index contributed by atoms with van der Waals surface area (Å²) in [5, 5.41) is 9.32. The monoisotopic (exact) mass is 393 g/mol. The van der Waals surface area contributed by atoms with Crippen molar-refractivity contribution in [1.82, 2.24) is 0 Å². The second kappa shape index (κ2) is 9.08. The van der Waals surface area contributed by atoms with Gasteiger partial charge >= 0.3 is 0 Å². The first-order chi connectivity index (χ1) is 10.9. The molecule has 24 heavy (non-hydrogen) atoms. The van der Waals surface area contributed by atoms with Crippen LogP contribution in [-0.2, 0) is 11.4 Å². The second-order valence-corrected chi connectivity index (χ2v) is 6.27. The van der Waals surface area contributed by atoms with Crippen molar-refractivity contribution in [2.75, 3.05) is 20.7 Å². The van der Waals surface area contributed by atoms with Gasteiger partial charge in [0.15, 0.2) is 5.78 Å². The van der Waals surface area contributed by atoms with E-state index >= 15 is 0 Å². The largest absolute Gasteiger partial charge is 1.00 e. The zero-order valence-corrected chi connectivity index (χ0v) is 15.9. The molecule has 2 aromatic carbocycles. The van der Waals surface area contributed by atoms with Crippen LogP contribution in [0, 0.1) is 0 Å². The zero-order chi connectivity index (χ0) is 16.9. The van der Waals surface area contributed by atoms with Crippen molar-refractivity contribution >= 4 is 5.78 Å².